The molecule has 0 spiro atoms. The Balaban J connectivity index is 1.26. The van der Waals surface area contributed by atoms with E-state index in [0.29, 0.717) is 61.5 Å². The minimum atomic E-state index is -4.87. The van der Waals surface area contributed by atoms with Gasteiger partial charge in [-0.2, -0.15) is 23.4 Å². The molecule has 1 saturated carbocycles. The van der Waals surface area contributed by atoms with Gasteiger partial charge in [0.2, 0.25) is 0 Å². The number of ether oxygens (including phenoxy) is 3. The van der Waals surface area contributed by atoms with Gasteiger partial charge in [-0.3, -0.25) is 14.3 Å². The SMILES string of the molecule is CCN(C(=O)O)c1cc2c(cn1)c(-c1cnn(CC3COC(C)(C)O3)c1)nn2C1CCC(Oc2nccc(C(F)(F)F)c2F)CC1. The fourth-order valence-corrected chi connectivity index (χ4v) is 5.99. The summed E-state index contributed by atoms with van der Waals surface area (Å²) in [6, 6.07) is 2.10. The van der Waals surface area contributed by atoms with Gasteiger partial charge in [-0.1, -0.05) is 0 Å². The zero-order chi connectivity index (χ0) is 32.8. The van der Waals surface area contributed by atoms with Gasteiger partial charge in [0, 0.05) is 42.2 Å². The standard InChI is InChI=1S/C30H33F4N7O5/c1-4-40(28(42)43)24-11-23-21(13-36-24)26(17-12-37-39(14-17)15-20-16-44-29(2,3)46-20)38-41(23)18-5-7-19(8-6-18)45-27-25(31)22(9-10-35-27)30(32,33)34/h9-14,18-20H,4-8,15-16H2,1-3H3,(H,42,43). The first-order valence-corrected chi connectivity index (χ1v) is 14.9. The van der Waals surface area contributed by atoms with Crippen molar-refractivity contribution in [2.24, 2.45) is 0 Å². The van der Waals surface area contributed by atoms with E-state index in [9.17, 15) is 27.5 Å². The van der Waals surface area contributed by atoms with Crippen molar-refractivity contribution >= 4 is 22.8 Å². The topological polar surface area (TPSA) is 130 Å². The van der Waals surface area contributed by atoms with Crippen LogP contribution in [0.4, 0.5) is 28.2 Å². The van der Waals surface area contributed by atoms with E-state index < -0.39 is 41.4 Å². The molecule has 246 valence electrons. The Morgan fingerprint density at radius 1 is 1.20 bits per heavy atom. The number of rotatable bonds is 8. The Bertz CT molecular complexity index is 1730. The Kier molecular flexibility index (Phi) is 8.35. The predicted octanol–water partition coefficient (Wildman–Crippen LogP) is 6.07. The molecule has 6 rings (SSSR count). The van der Waals surface area contributed by atoms with Crippen LogP contribution in [0, 0.1) is 5.82 Å². The molecular formula is C30H33F4N7O5. The van der Waals surface area contributed by atoms with Crippen LogP contribution in [-0.2, 0) is 22.2 Å². The van der Waals surface area contributed by atoms with E-state index in [1.54, 1.807) is 30.1 Å². The lowest BCUT2D eigenvalue weighted by atomic mass is 9.93. The minimum Gasteiger partial charge on any atom is -0.472 e. The molecule has 0 radical (unpaired) electrons. The summed E-state index contributed by atoms with van der Waals surface area (Å²) < 4.78 is 74.8. The van der Waals surface area contributed by atoms with E-state index in [0.717, 1.165) is 16.7 Å². The second kappa shape index (κ2) is 12.1. The van der Waals surface area contributed by atoms with Crippen LogP contribution in [0.1, 0.15) is 58.1 Å². The number of fused-ring (bicyclic) bond motifs is 1. The Morgan fingerprint density at radius 3 is 2.61 bits per heavy atom. The first kappa shape index (κ1) is 31.7. The lowest BCUT2D eigenvalue weighted by Crippen LogP contribution is -2.29. The lowest BCUT2D eigenvalue weighted by Gasteiger charge is -2.29. The van der Waals surface area contributed by atoms with E-state index in [2.05, 4.69) is 15.1 Å². The number of carbonyl (C=O) groups is 1. The number of alkyl halides is 3. The normalized spacial score (nSPS) is 21.5. The largest absolute Gasteiger partial charge is 0.472 e. The monoisotopic (exact) mass is 647 g/mol. The Labute approximate surface area is 260 Å². The average Bonchev–Trinajstić information content (AvgIpc) is 3.70. The van der Waals surface area contributed by atoms with Crippen molar-refractivity contribution in [1.82, 2.24) is 29.5 Å². The molecular weight excluding hydrogens is 614 g/mol. The van der Waals surface area contributed by atoms with Gasteiger partial charge in [-0.05, 0) is 52.5 Å². The Hall–Kier alpha value is -4.31. The number of halogens is 4. The fourth-order valence-electron chi connectivity index (χ4n) is 5.99. The summed E-state index contributed by atoms with van der Waals surface area (Å²) in [5, 5.41) is 19.8. The number of hydrogen-bond acceptors (Lipinski definition) is 8. The van der Waals surface area contributed by atoms with Crippen LogP contribution in [-0.4, -0.2) is 71.9 Å². The van der Waals surface area contributed by atoms with E-state index in [4.69, 9.17) is 19.3 Å². The average molecular weight is 648 g/mol. The molecule has 16 heteroatoms. The molecule has 0 bridgehead atoms. The Morgan fingerprint density at radius 2 is 1.96 bits per heavy atom. The number of carboxylic acid groups (broad SMARTS) is 1. The summed E-state index contributed by atoms with van der Waals surface area (Å²) in [5.74, 6) is -2.63. The highest BCUT2D eigenvalue weighted by atomic mass is 19.4. The number of aromatic nitrogens is 6. The first-order chi connectivity index (χ1) is 21.8. The lowest BCUT2D eigenvalue weighted by molar-refractivity contribution is -0.140. The molecule has 1 aliphatic carbocycles. The third-order valence-corrected chi connectivity index (χ3v) is 8.20. The summed E-state index contributed by atoms with van der Waals surface area (Å²) in [6.07, 6.45) is 1.14. The summed E-state index contributed by atoms with van der Waals surface area (Å²) in [7, 11) is 0. The van der Waals surface area contributed by atoms with Gasteiger partial charge < -0.3 is 19.3 Å². The van der Waals surface area contributed by atoms with E-state index >= 15 is 0 Å². The van der Waals surface area contributed by atoms with E-state index in [-0.39, 0.29) is 24.5 Å². The molecule has 1 unspecified atom stereocenters. The van der Waals surface area contributed by atoms with E-state index in [1.807, 2.05) is 24.7 Å². The molecule has 1 N–H and O–H groups in total. The van der Waals surface area contributed by atoms with Gasteiger partial charge >= 0.3 is 12.3 Å². The highest BCUT2D eigenvalue weighted by Gasteiger charge is 2.37. The second-order valence-electron chi connectivity index (χ2n) is 11.8. The summed E-state index contributed by atoms with van der Waals surface area (Å²) in [6.45, 7) is 6.51. The number of pyridine rings is 2. The quantitative estimate of drug-likeness (QED) is 0.227. The van der Waals surface area contributed by atoms with Crippen molar-refractivity contribution in [3.05, 3.63) is 48.3 Å². The maximum absolute atomic E-state index is 14.5. The minimum absolute atomic E-state index is 0.160. The van der Waals surface area contributed by atoms with Gasteiger partial charge in [0.1, 0.15) is 23.7 Å². The fraction of sp³-hybridized carbons (Fsp3) is 0.500. The number of hydrogen-bond donors (Lipinski definition) is 1. The second-order valence-corrected chi connectivity index (χ2v) is 11.8. The summed E-state index contributed by atoms with van der Waals surface area (Å²) in [4.78, 5) is 21.1. The molecule has 0 aromatic carbocycles. The molecule has 1 atom stereocenters. The number of nitrogens with zero attached hydrogens (tertiary/aromatic N) is 7. The highest BCUT2D eigenvalue weighted by Crippen LogP contribution is 2.38. The summed E-state index contributed by atoms with van der Waals surface area (Å²) >= 11 is 0. The first-order valence-electron chi connectivity index (χ1n) is 14.9. The van der Waals surface area contributed by atoms with Crippen molar-refractivity contribution in [2.75, 3.05) is 18.1 Å². The van der Waals surface area contributed by atoms with Crippen molar-refractivity contribution in [2.45, 2.75) is 83.2 Å². The molecule has 4 aromatic rings. The zero-order valence-corrected chi connectivity index (χ0v) is 25.4. The van der Waals surface area contributed by atoms with E-state index in [1.165, 1.54) is 0 Å². The zero-order valence-electron chi connectivity index (χ0n) is 25.4. The summed E-state index contributed by atoms with van der Waals surface area (Å²) in [5.41, 5.74) is 0.572. The van der Waals surface area contributed by atoms with Crippen molar-refractivity contribution in [3.63, 3.8) is 0 Å². The molecule has 2 aliphatic rings. The van der Waals surface area contributed by atoms with Gasteiger partial charge in [0.25, 0.3) is 5.88 Å². The molecule has 46 heavy (non-hydrogen) atoms. The number of amides is 1. The van der Waals surface area contributed by atoms with Crippen molar-refractivity contribution in [3.8, 4) is 17.1 Å². The van der Waals surface area contributed by atoms with Crippen LogP contribution in [0.3, 0.4) is 0 Å². The molecule has 5 heterocycles. The van der Waals surface area contributed by atoms with Crippen LogP contribution in [0.2, 0.25) is 0 Å². The number of anilines is 1. The highest BCUT2D eigenvalue weighted by molar-refractivity contribution is 5.95. The third kappa shape index (κ3) is 6.35. The molecule has 1 saturated heterocycles. The molecule has 1 amide bonds. The third-order valence-electron chi connectivity index (χ3n) is 8.20. The van der Waals surface area contributed by atoms with Gasteiger partial charge in [-0.25, -0.2) is 19.2 Å². The van der Waals surface area contributed by atoms with Gasteiger partial charge in [-0.15, -0.1) is 0 Å². The van der Waals surface area contributed by atoms with Crippen molar-refractivity contribution in [1.29, 1.82) is 0 Å². The van der Waals surface area contributed by atoms with Crippen LogP contribution in [0.15, 0.2) is 36.9 Å². The smallest absolute Gasteiger partial charge is 0.419 e. The van der Waals surface area contributed by atoms with Crippen LogP contribution < -0.4 is 9.64 Å². The van der Waals surface area contributed by atoms with Crippen LogP contribution in [0.5, 0.6) is 5.88 Å². The van der Waals surface area contributed by atoms with Crippen LogP contribution in [0.25, 0.3) is 22.2 Å². The molecule has 4 aromatic heterocycles. The molecule has 2 fully saturated rings. The van der Waals surface area contributed by atoms with Crippen LogP contribution >= 0.6 is 0 Å². The molecule has 12 nitrogen and oxygen atoms in total. The maximum atomic E-state index is 14.5. The van der Waals surface area contributed by atoms with Crippen molar-refractivity contribution < 1.29 is 41.7 Å². The molecule has 1 aliphatic heterocycles. The van der Waals surface area contributed by atoms with Gasteiger partial charge in [0.15, 0.2) is 11.6 Å². The van der Waals surface area contributed by atoms with Gasteiger partial charge in [0.05, 0.1) is 36.5 Å². The predicted molar refractivity (Wildman–Crippen MR) is 156 cm³/mol. The maximum Gasteiger partial charge on any atom is 0.419 e.